The van der Waals surface area contributed by atoms with Crippen molar-refractivity contribution in [3.05, 3.63) is 18.5 Å². The molecule has 1 saturated heterocycles. The molecule has 3 atom stereocenters. The second-order valence-electron chi connectivity index (χ2n) is 6.69. The number of anilines is 1. The lowest BCUT2D eigenvalue weighted by Gasteiger charge is -2.33. The predicted molar refractivity (Wildman–Crippen MR) is 82.0 cm³/mol. The maximum Gasteiger partial charge on any atom is 0.390 e. The Balaban J connectivity index is 1.52. The summed E-state index contributed by atoms with van der Waals surface area (Å²) in [6, 6.07) is 1.78. The SMILES string of the molecule is FC(F)(F)CCN1C[C@H]2CCC[C@@H](CNc3ncccn3)[C@@H]2C1. The number of aromatic nitrogens is 2. The quantitative estimate of drug-likeness (QED) is 0.901. The van der Waals surface area contributed by atoms with Gasteiger partial charge in [0.15, 0.2) is 0 Å². The average molecular weight is 328 g/mol. The average Bonchev–Trinajstić information content (AvgIpc) is 2.95. The van der Waals surface area contributed by atoms with Crippen LogP contribution in [-0.4, -0.2) is 47.2 Å². The van der Waals surface area contributed by atoms with Gasteiger partial charge in [-0.3, -0.25) is 0 Å². The highest BCUT2D eigenvalue weighted by molar-refractivity contribution is 5.22. The smallest absolute Gasteiger partial charge is 0.354 e. The highest BCUT2D eigenvalue weighted by Crippen LogP contribution is 2.40. The van der Waals surface area contributed by atoms with E-state index in [-0.39, 0.29) is 6.54 Å². The molecule has 1 aromatic heterocycles. The van der Waals surface area contributed by atoms with E-state index in [4.69, 9.17) is 0 Å². The lowest BCUT2D eigenvalue weighted by atomic mass is 9.74. The van der Waals surface area contributed by atoms with Gasteiger partial charge in [-0.1, -0.05) is 6.42 Å². The summed E-state index contributed by atoms with van der Waals surface area (Å²) < 4.78 is 37.2. The lowest BCUT2D eigenvalue weighted by molar-refractivity contribution is -0.137. The van der Waals surface area contributed by atoms with E-state index in [0.717, 1.165) is 38.9 Å². The molecule has 0 unspecified atom stereocenters. The van der Waals surface area contributed by atoms with Gasteiger partial charge >= 0.3 is 6.18 Å². The number of rotatable bonds is 5. The van der Waals surface area contributed by atoms with E-state index in [9.17, 15) is 13.2 Å². The number of fused-ring (bicyclic) bond motifs is 1. The monoisotopic (exact) mass is 328 g/mol. The Morgan fingerprint density at radius 2 is 1.96 bits per heavy atom. The second kappa shape index (κ2) is 7.03. The number of hydrogen-bond acceptors (Lipinski definition) is 4. The zero-order chi connectivity index (χ0) is 16.3. The fourth-order valence-electron chi connectivity index (χ4n) is 4.02. The van der Waals surface area contributed by atoms with Crippen LogP contribution in [0, 0.1) is 17.8 Å². The van der Waals surface area contributed by atoms with Crippen molar-refractivity contribution >= 4 is 5.95 Å². The van der Waals surface area contributed by atoms with Crippen LogP contribution in [0.25, 0.3) is 0 Å². The number of hydrogen-bond donors (Lipinski definition) is 1. The molecule has 1 aromatic rings. The maximum absolute atomic E-state index is 12.4. The molecular weight excluding hydrogens is 305 g/mol. The molecule has 0 spiro atoms. The Bertz CT molecular complexity index is 494. The van der Waals surface area contributed by atoms with Crippen LogP contribution >= 0.6 is 0 Å². The van der Waals surface area contributed by atoms with Gasteiger partial charge in [0.2, 0.25) is 5.95 Å². The molecule has 1 aliphatic carbocycles. The number of likely N-dealkylation sites (tertiary alicyclic amines) is 1. The Hall–Kier alpha value is -1.37. The topological polar surface area (TPSA) is 41.0 Å². The van der Waals surface area contributed by atoms with Crippen molar-refractivity contribution in [3.8, 4) is 0 Å². The molecule has 0 aromatic carbocycles. The Labute approximate surface area is 134 Å². The molecule has 128 valence electrons. The fraction of sp³-hybridized carbons (Fsp3) is 0.750. The van der Waals surface area contributed by atoms with Gasteiger partial charge < -0.3 is 10.2 Å². The first-order chi connectivity index (χ1) is 11.0. The number of nitrogens with one attached hydrogen (secondary N) is 1. The first-order valence-electron chi connectivity index (χ1n) is 8.31. The molecule has 2 aliphatic rings. The molecule has 2 fully saturated rings. The normalized spacial score (nSPS) is 28.6. The van der Waals surface area contributed by atoms with Crippen LogP contribution in [0.2, 0.25) is 0 Å². The molecule has 0 amide bonds. The van der Waals surface area contributed by atoms with Gasteiger partial charge in [0.05, 0.1) is 6.42 Å². The van der Waals surface area contributed by atoms with E-state index in [1.165, 1.54) is 0 Å². The maximum atomic E-state index is 12.4. The van der Waals surface area contributed by atoms with E-state index in [2.05, 4.69) is 15.3 Å². The van der Waals surface area contributed by atoms with Crippen molar-refractivity contribution in [2.45, 2.75) is 31.9 Å². The van der Waals surface area contributed by atoms with Gasteiger partial charge in [-0.2, -0.15) is 13.2 Å². The number of halogens is 3. The minimum absolute atomic E-state index is 0.137. The molecule has 0 radical (unpaired) electrons. The standard InChI is InChI=1S/C16H23F3N4/c17-16(18,19)5-8-23-10-13-4-1-3-12(14(13)11-23)9-22-15-20-6-2-7-21-15/h2,6-7,12-14H,1,3-5,8-11H2,(H,20,21,22)/t12-,13+,14-/m0/s1. The van der Waals surface area contributed by atoms with Crippen LogP contribution in [0.1, 0.15) is 25.7 Å². The molecule has 0 bridgehead atoms. The molecule has 4 nitrogen and oxygen atoms in total. The largest absolute Gasteiger partial charge is 0.390 e. The zero-order valence-corrected chi connectivity index (χ0v) is 13.1. The van der Waals surface area contributed by atoms with Gasteiger partial charge in [-0.25, -0.2) is 9.97 Å². The van der Waals surface area contributed by atoms with Gasteiger partial charge in [-0.05, 0) is 36.7 Å². The van der Waals surface area contributed by atoms with Crippen LogP contribution < -0.4 is 5.32 Å². The van der Waals surface area contributed by atoms with E-state index in [1.807, 2.05) is 4.90 Å². The molecule has 7 heteroatoms. The van der Waals surface area contributed by atoms with E-state index >= 15 is 0 Å². The molecule has 2 heterocycles. The van der Waals surface area contributed by atoms with E-state index in [1.54, 1.807) is 18.5 Å². The highest BCUT2D eigenvalue weighted by atomic mass is 19.4. The van der Waals surface area contributed by atoms with Gasteiger partial charge in [-0.15, -0.1) is 0 Å². The molecule has 1 N–H and O–H groups in total. The zero-order valence-electron chi connectivity index (χ0n) is 13.1. The van der Waals surface area contributed by atoms with Crippen molar-refractivity contribution in [2.24, 2.45) is 17.8 Å². The van der Waals surface area contributed by atoms with Crippen LogP contribution in [0.4, 0.5) is 19.1 Å². The summed E-state index contributed by atoms with van der Waals surface area (Å²) in [6.07, 6.45) is 2.09. The summed E-state index contributed by atoms with van der Waals surface area (Å²) in [6.45, 7) is 2.55. The Kier molecular flexibility index (Phi) is 5.04. The third-order valence-electron chi connectivity index (χ3n) is 5.12. The van der Waals surface area contributed by atoms with E-state index < -0.39 is 12.6 Å². The van der Waals surface area contributed by atoms with Crippen molar-refractivity contribution in [1.29, 1.82) is 0 Å². The van der Waals surface area contributed by atoms with Crippen LogP contribution in [-0.2, 0) is 0 Å². The molecular formula is C16H23F3N4. The van der Waals surface area contributed by atoms with Gasteiger partial charge in [0, 0.05) is 38.6 Å². The minimum atomic E-state index is -4.06. The molecule has 3 rings (SSSR count). The summed E-state index contributed by atoms with van der Waals surface area (Å²) >= 11 is 0. The van der Waals surface area contributed by atoms with Crippen LogP contribution in [0.3, 0.4) is 0 Å². The van der Waals surface area contributed by atoms with E-state index in [0.29, 0.717) is 23.7 Å². The third kappa shape index (κ3) is 4.56. The first-order valence-corrected chi connectivity index (χ1v) is 8.31. The Morgan fingerprint density at radius 1 is 1.17 bits per heavy atom. The third-order valence-corrected chi connectivity index (χ3v) is 5.12. The first kappa shape index (κ1) is 16.5. The van der Waals surface area contributed by atoms with Gasteiger partial charge in [0.25, 0.3) is 0 Å². The lowest BCUT2D eigenvalue weighted by Crippen LogP contribution is -2.32. The fourth-order valence-corrected chi connectivity index (χ4v) is 4.02. The molecule has 1 aliphatic heterocycles. The molecule has 1 saturated carbocycles. The van der Waals surface area contributed by atoms with Crippen molar-refractivity contribution in [3.63, 3.8) is 0 Å². The highest BCUT2D eigenvalue weighted by Gasteiger charge is 2.40. The summed E-state index contributed by atoms with van der Waals surface area (Å²) in [7, 11) is 0. The summed E-state index contributed by atoms with van der Waals surface area (Å²) in [5.74, 6) is 2.16. The predicted octanol–water partition coefficient (Wildman–Crippen LogP) is 3.19. The molecule has 23 heavy (non-hydrogen) atoms. The van der Waals surface area contributed by atoms with Crippen LogP contribution in [0.15, 0.2) is 18.5 Å². The van der Waals surface area contributed by atoms with Crippen LogP contribution in [0.5, 0.6) is 0 Å². The minimum Gasteiger partial charge on any atom is -0.354 e. The second-order valence-corrected chi connectivity index (χ2v) is 6.69. The summed E-state index contributed by atoms with van der Waals surface area (Å²) in [5.41, 5.74) is 0. The van der Waals surface area contributed by atoms with Crippen molar-refractivity contribution in [1.82, 2.24) is 14.9 Å². The number of nitrogens with zero attached hydrogens (tertiary/aromatic N) is 3. The number of alkyl halides is 3. The van der Waals surface area contributed by atoms with Gasteiger partial charge in [0.1, 0.15) is 0 Å². The van der Waals surface area contributed by atoms with Crippen molar-refractivity contribution < 1.29 is 13.2 Å². The Morgan fingerprint density at radius 3 is 2.70 bits per heavy atom. The summed E-state index contributed by atoms with van der Waals surface area (Å²) in [4.78, 5) is 10.3. The van der Waals surface area contributed by atoms with Crippen molar-refractivity contribution in [2.75, 3.05) is 31.5 Å². The summed E-state index contributed by atoms with van der Waals surface area (Å²) in [5, 5.41) is 3.28.